The van der Waals surface area contributed by atoms with Crippen molar-refractivity contribution in [3.8, 4) is 0 Å². The van der Waals surface area contributed by atoms with Crippen LogP contribution in [0.5, 0.6) is 0 Å². The van der Waals surface area contributed by atoms with Gasteiger partial charge >= 0.3 is 7.12 Å². The molecule has 3 rings (SSSR count). The summed E-state index contributed by atoms with van der Waals surface area (Å²) in [5.41, 5.74) is 1.46. The number of fused-ring (bicyclic) bond motifs is 1. The van der Waals surface area contributed by atoms with E-state index in [0.29, 0.717) is 6.42 Å². The number of rotatable bonds is 4. The van der Waals surface area contributed by atoms with Crippen molar-refractivity contribution in [3.05, 3.63) is 42.0 Å². The van der Waals surface area contributed by atoms with E-state index in [1.165, 1.54) is 0 Å². The lowest BCUT2D eigenvalue weighted by molar-refractivity contribution is 0.00578. The van der Waals surface area contributed by atoms with Gasteiger partial charge in [-0.3, -0.25) is 4.39 Å². The van der Waals surface area contributed by atoms with E-state index in [1.807, 2.05) is 12.1 Å². The van der Waals surface area contributed by atoms with Gasteiger partial charge in [0.1, 0.15) is 0 Å². The Morgan fingerprint density at radius 3 is 2.17 bits per heavy atom. The van der Waals surface area contributed by atoms with Gasteiger partial charge in [-0.05, 0) is 62.3 Å². The van der Waals surface area contributed by atoms with Gasteiger partial charge in [-0.1, -0.05) is 36.4 Å². The molecule has 2 aromatic rings. The second kappa shape index (κ2) is 5.92. The predicted octanol–water partition coefficient (Wildman–Crippen LogP) is 4.04. The number of hydrogen-bond donors (Lipinski definition) is 0. The summed E-state index contributed by atoms with van der Waals surface area (Å²) < 4.78 is 25.1. The van der Waals surface area contributed by atoms with Gasteiger partial charge in [-0.2, -0.15) is 0 Å². The van der Waals surface area contributed by atoms with Crippen LogP contribution in [0.3, 0.4) is 0 Å². The van der Waals surface area contributed by atoms with E-state index in [4.69, 9.17) is 9.31 Å². The molecule has 2 aromatic carbocycles. The highest BCUT2D eigenvalue weighted by atomic mass is 19.1. The lowest BCUT2D eigenvalue weighted by Gasteiger charge is -2.32. The standard InChI is InChI=1S/C19H24BFO2/c1-18(2)19(3,4)23-20(22-18)16-12-6-10-14-8-5-9-15(17(14)16)11-7-13-21/h5-6,8-10,12H,7,11,13H2,1-4H3. The van der Waals surface area contributed by atoms with Crippen LogP contribution >= 0.6 is 0 Å². The number of aryl methyl sites for hydroxylation is 1. The molecule has 1 aliphatic rings. The van der Waals surface area contributed by atoms with Crippen LogP contribution in [0, 0.1) is 0 Å². The van der Waals surface area contributed by atoms with E-state index in [0.717, 1.165) is 28.2 Å². The van der Waals surface area contributed by atoms with Gasteiger partial charge < -0.3 is 9.31 Å². The Morgan fingerprint density at radius 1 is 0.957 bits per heavy atom. The lowest BCUT2D eigenvalue weighted by atomic mass is 9.74. The molecule has 23 heavy (non-hydrogen) atoms. The Balaban J connectivity index is 2.08. The minimum atomic E-state index is -0.393. The zero-order valence-corrected chi connectivity index (χ0v) is 14.4. The molecule has 0 N–H and O–H groups in total. The van der Waals surface area contributed by atoms with Gasteiger partial charge in [-0.15, -0.1) is 0 Å². The summed E-state index contributed by atoms with van der Waals surface area (Å²) >= 11 is 0. The van der Waals surface area contributed by atoms with E-state index in [9.17, 15) is 4.39 Å². The normalized spacial score (nSPS) is 19.4. The Morgan fingerprint density at radius 2 is 1.57 bits per heavy atom. The van der Waals surface area contributed by atoms with Crippen LogP contribution in [0.2, 0.25) is 0 Å². The third kappa shape index (κ3) is 2.90. The molecular formula is C19H24BFO2. The van der Waals surface area contributed by atoms with Crippen LogP contribution < -0.4 is 5.46 Å². The molecule has 0 aromatic heterocycles. The van der Waals surface area contributed by atoms with Gasteiger partial charge in [0.05, 0.1) is 17.9 Å². The number of alkyl halides is 1. The maximum atomic E-state index is 12.6. The zero-order valence-electron chi connectivity index (χ0n) is 14.4. The van der Waals surface area contributed by atoms with Crippen LogP contribution in [-0.2, 0) is 15.7 Å². The van der Waals surface area contributed by atoms with Crippen molar-refractivity contribution < 1.29 is 13.7 Å². The molecule has 0 bridgehead atoms. The summed E-state index contributed by atoms with van der Waals surface area (Å²) in [7, 11) is -0.393. The molecule has 1 fully saturated rings. The Labute approximate surface area is 138 Å². The molecule has 0 unspecified atom stereocenters. The predicted molar refractivity (Wildman–Crippen MR) is 94.0 cm³/mol. The summed E-state index contributed by atoms with van der Waals surface area (Å²) in [6.07, 6.45) is 1.27. The van der Waals surface area contributed by atoms with E-state index < -0.39 is 7.12 Å². The van der Waals surface area contributed by atoms with Crippen LogP contribution in [0.25, 0.3) is 10.8 Å². The molecule has 0 aliphatic carbocycles. The van der Waals surface area contributed by atoms with Crippen molar-refractivity contribution in [2.45, 2.75) is 51.7 Å². The maximum absolute atomic E-state index is 12.6. The van der Waals surface area contributed by atoms with Crippen LogP contribution in [0.1, 0.15) is 39.7 Å². The van der Waals surface area contributed by atoms with E-state index in [2.05, 4.69) is 52.0 Å². The first-order chi connectivity index (χ1) is 10.9. The molecule has 1 saturated heterocycles. The Bertz CT molecular complexity index is 690. The minimum absolute atomic E-state index is 0.297. The van der Waals surface area contributed by atoms with Crippen molar-refractivity contribution in [1.29, 1.82) is 0 Å². The third-order valence-electron chi connectivity index (χ3n) is 5.11. The molecule has 0 amide bonds. The number of hydrogen-bond acceptors (Lipinski definition) is 2. The lowest BCUT2D eigenvalue weighted by Crippen LogP contribution is -2.41. The molecule has 2 nitrogen and oxygen atoms in total. The van der Waals surface area contributed by atoms with Gasteiger partial charge in [0.2, 0.25) is 0 Å². The highest BCUT2D eigenvalue weighted by molar-refractivity contribution is 6.65. The molecule has 0 radical (unpaired) electrons. The van der Waals surface area contributed by atoms with Crippen molar-refractivity contribution in [2.75, 3.05) is 6.67 Å². The fourth-order valence-corrected chi connectivity index (χ4v) is 3.08. The average Bonchev–Trinajstić information content (AvgIpc) is 2.72. The summed E-state index contributed by atoms with van der Waals surface area (Å²) in [6.45, 7) is 7.93. The van der Waals surface area contributed by atoms with Gasteiger partial charge in [-0.25, -0.2) is 0 Å². The summed E-state index contributed by atoms with van der Waals surface area (Å²) in [4.78, 5) is 0. The Hall–Kier alpha value is -1.39. The average molecular weight is 314 g/mol. The Kier molecular flexibility index (Phi) is 4.24. The quantitative estimate of drug-likeness (QED) is 0.793. The van der Waals surface area contributed by atoms with Crippen molar-refractivity contribution >= 4 is 23.4 Å². The fourth-order valence-electron chi connectivity index (χ4n) is 3.08. The first kappa shape index (κ1) is 16.5. The zero-order chi connectivity index (χ0) is 16.7. The van der Waals surface area contributed by atoms with Crippen LogP contribution in [0.4, 0.5) is 4.39 Å². The summed E-state index contributed by atoms with van der Waals surface area (Å²) in [5.74, 6) is 0. The monoisotopic (exact) mass is 314 g/mol. The van der Waals surface area contributed by atoms with Crippen molar-refractivity contribution in [3.63, 3.8) is 0 Å². The molecule has 122 valence electrons. The SMILES string of the molecule is CC1(C)OB(c2cccc3cccc(CCCF)c23)OC1(C)C. The molecule has 1 aliphatic heterocycles. The topological polar surface area (TPSA) is 18.5 Å². The minimum Gasteiger partial charge on any atom is -0.399 e. The molecule has 4 heteroatoms. The molecule has 0 saturated carbocycles. The maximum Gasteiger partial charge on any atom is 0.495 e. The molecular weight excluding hydrogens is 290 g/mol. The van der Waals surface area contributed by atoms with Gasteiger partial charge in [0.15, 0.2) is 0 Å². The first-order valence-corrected chi connectivity index (χ1v) is 8.28. The van der Waals surface area contributed by atoms with E-state index >= 15 is 0 Å². The molecule has 0 spiro atoms. The van der Waals surface area contributed by atoms with Gasteiger partial charge in [0.25, 0.3) is 0 Å². The second-order valence-electron chi connectivity index (χ2n) is 7.24. The van der Waals surface area contributed by atoms with Crippen molar-refractivity contribution in [1.82, 2.24) is 0 Å². The highest BCUT2D eigenvalue weighted by Gasteiger charge is 2.52. The second-order valence-corrected chi connectivity index (χ2v) is 7.24. The third-order valence-corrected chi connectivity index (χ3v) is 5.11. The van der Waals surface area contributed by atoms with Crippen LogP contribution in [0.15, 0.2) is 36.4 Å². The van der Waals surface area contributed by atoms with Gasteiger partial charge in [0, 0.05) is 0 Å². The smallest absolute Gasteiger partial charge is 0.399 e. The van der Waals surface area contributed by atoms with Crippen molar-refractivity contribution in [2.24, 2.45) is 0 Å². The molecule has 0 atom stereocenters. The summed E-state index contributed by atoms with van der Waals surface area (Å²) in [6, 6.07) is 12.4. The highest BCUT2D eigenvalue weighted by Crippen LogP contribution is 2.37. The number of halogens is 1. The summed E-state index contributed by atoms with van der Waals surface area (Å²) in [5, 5.41) is 2.29. The molecule has 1 heterocycles. The number of benzene rings is 2. The van der Waals surface area contributed by atoms with E-state index in [1.54, 1.807) is 0 Å². The first-order valence-electron chi connectivity index (χ1n) is 8.28. The largest absolute Gasteiger partial charge is 0.495 e. The van der Waals surface area contributed by atoms with E-state index in [-0.39, 0.29) is 17.9 Å². The fraction of sp³-hybridized carbons (Fsp3) is 0.474. The van der Waals surface area contributed by atoms with Crippen LogP contribution in [-0.4, -0.2) is 25.0 Å².